The molecule has 0 spiro atoms. The molecule has 1 aromatic heterocycles. The normalized spacial score (nSPS) is 24.1. The summed E-state index contributed by atoms with van der Waals surface area (Å²) in [5.74, 6) is -0.419. The summed E-state index contributed by atoms with van der Waals surface area (Å²) in [4.78, 5) is 40.8. The SMILES string of the molecule is COC(=O)C1(NP(=O)(OC[C@H]2O[C@@H](n3cc(C=CBr)c(=O)[nH]c3=O)CC2O)Oc2ccc(Cl)cc2)CCCC1. The fourth-order valence-electron chi connectivity index (χ4n) is 4.62. The number of ether oxygens (including phenoxy) is 2. The number of aromatic nitrogens is 2. The van der Waals surface area contributed by atoms with Crippen molar-refractivity contribution in [3.8, 4) is 5.75 Å². The number of benzene rings is 1. The highest BCUT2D eigenvalue weighted by Crippen LogP contribution is 2.50. The van der Waals surface area contributed by atoms with Crippen LogP contribution in [0.15, 0.2) is 45.0 Å². The van der Waals surface area contributed by atoms with E-state index in [2.05, 4.69) is 26.0 Å². The van der Waals surface area contributed by atoms with Crippen molar-refractivity contribution in [2.75, 3.05) is 13.7 Å². The van der Waals surface area contributed by atoms with Crippen molar-refractivity contribution < 1.29 is 33.0 Å². The molecule has 0 radical (unpaired) electrons. The molecule has 1 saturated carbocycles. The number of halogens is 2. The Labute approximate surface area is 237 Å². The van der Waals surface area contributed by atoms with Crippen molar-refractivity contribution in [2.24, 2.45) is 0 Å². The number of esters is 1. The molecule has 0 bridgehead atoms. The molecule has 2 fully saturated rings. The third kappa shape index (κ3) is 6.91. The van der Waals surface area contributed by atoms with E-state index in [-0.39, 0.29) is 17.7 Å². The Bertz CT molecular complexity index is 1370. The van der Waals surface area contributed by atoms with Crippen LogP contribution in [0.25, 0.3) is 6.08 Å². The highest BCUT2D eigenvalue weighted by Gasteiger charge is 2.49. The molecule has 0 amide bonds. The Morgan fingerprint density at radius 2 is 2.03 bits per heavy atom. The molecule has 1 aliphatic heterocycles. The minimum absolute atomic E-state index is 0.000681. The number of hydrogen-bond donors (Lipinski definition) is 3. The van der Waals surface area contributed by atoms with Gasteiger partial charge in [-0.2, -0.15) is 5.09 Å². The molecule has 15 heteroatoms. The van der Waals surface area contributed by atoms with Crippen molar-refractivity contribution in [2.45, 2.75) is 56.1 Å². The number of carbonyl (C=O) groups excluding carboxylic acids is 1. The maximum Gasteiger partial charge on any atom is 0.459 e. The number of nitrogens with one attached hydrogen (secondary N) is 2. The molecule has 1 aromatic carbocycles. The van der Waals surface area contributed by atoms with Gasteiger partial charge in [0.25, 0.3) is 5.56 Å². The van der Waals surface area contributed by atoms with Gasteiger partial charge in [-0.05, 0) is 48.2 Å². The van der Waals surface area contributed by atoms with Crippen LogP contribution in [0, 0.1) is 0 Å². The average molecular weight is 649 g/mol. The van der Waals surface area contributed by atoms with Gasteiger partial charge in [-0.15, -0.1) is 0 Å². The summed E-state index contributed by atoms with van der Waals surface area (Å²) < 4.78 is 37.5. The molecule has 39 heavy (non-hydrogen) atoms. The summed E-state index contributed by atoms with van der Waals surface area (Å²) in [6, 6.07) is 6.08. The van der Waals surface area contributed by atoms with Crippen molar-refractivity contribution in [3.63, 3.8) is 0 Å². The lowest BCUT2D eigenvalue weighted by molar-refractivity contribution is -0.147. The van der Waals surface area contributed by atoms with Crippen LogP contribution >= 0.6 is 35.3 Å². The third-order valence-corrected chi connectivity index (χ3v) is 8.74. The first kappa shape index (κ1) is 29.7. The van der Waals surface area contributed by atoms with Gasteiger partial charge in [-0.25, -0.2) is 9.36 Å². The van der Waals surface area contributed by atoms with Gasteiger partial charge >= 0.3 is 19.4 Å². The van der Waals surface area contributed by atoms with Gasteiger partial charge in [-0.1, -0.05) is 40.4 Å². The number of rotatable bonds is 10. The van der Waals surface area contributed by atoms with Gasteiger partial charge in [0.05, 0.1) is 25.4 Å². The number of hydrogen-bond acceptors (Lipinski definition) is 9. The number of nitrogens with zero attached hydrogens (tertiary/aromatic N) is 1. The predicted octanol–water partition coefficient (Wildman–Crippen LogP) is 3.48. The van der Waals surface area contributed by atoms with E-state index in [4.69, 9.17) is 30.1 Å². The van der Waals surface area contributed by atoms with E-state index in [1.807, 2.05) is 0 Å². The number of aliphatic hydroxyl groups is 1. The van der Waals surface area contributed by atoms with Gasteiger partial charge in [0.1, 0.15) is 23.6 Å². The zero-order valence-corrected chi connectivity index (χ0v) is 24.1. The first-order chi connectivity index (χ1) is 18.6. The van der Waals surface area contributed by atoms with Crippen LogP contribution in [0.1, 0.15) is 43.9 Å². The summed E-state index contributed by atoms with van der Waals surface area (Å²) in [7, 11) is -3.01. The highest BCUT2D eigenvalue weighted by atomic mass is 79.9. The summed E-state index contributed by atoms with van der Waals surface area (Å²) in [6.07, 6.45) is 1.86. The topological polar surface area (TPSA) is 158 Å². The molecular formula is C24H28BrClN3O9P. The van der Waals surface area contributed by atoms with E-state index >= 15 is 0 Å². The Balaban J connectivity index is 1.55. The van der Waals surface area contributed by atoms with E-state index in [1.165, 1.54) is 36.5 Å². The maximum absolute atomic E-state index is 14.0. The lowest BCUT2D eigenvalue weighted by Crippen LogP contribution is -2.50. The minimum Gasteiger partial charge on any atom is -0.468 e. The second-order valence-electron chi connectivity index (χ2n) is 9.21. The fraction of sp³-hybridized carbons (Fsp3) is 0.458. The quantitative estimate of drug-likeness (QED) is 0.257. The standard InChI is InChI=1S/C24H28BrClN3O9P/c1-35-22(32)24(9-2-3-10-24)28-39(34,38-17-6-4-16(26)5-7-17)36-14-19-18(30)12-20(37-19)29-13-15(8-11-25)21(31)27-23(29)33/h4-8,11,13,18-20,30H,2-3,9-10,12,14H2,1H3,(H,28,34)(H,27,31,33)/t18?,19-,20-,39?/m1/s1. The van der Waals surface area contributed by atoms with Crippen molar-refractivity contribution in [3.05, 3.63) is 66.9 Å². The summed E-state index contributed by atoms with van der Waals surface area (Å²) >= 11 is 9.04. The molecule has 1 saturated heterocycles. The first-order valence-electron chi connectivity index (χ1n) is 12.1. The number of carbonyl (C=O) groups is 1. The van der Waals surface area contributed by atoms with Crippen LogP contribution < -0.4 is 20.9 Å². The maximum atomic E-state index is 14.0. The van der Waals surface area contributed by atoms with E-state index < -0.39 is 55.5 Å². The Morgan fingerprint density at radius 1 is 1.33 bits per heavy atom. The van der Waals surface area contributed by atoms with Crippen LogP contribution in [0.3, 0.4) is 0 Å². The summed E-state index contributed by atoms with van der Waals surface area (Å²) in [5, 5.41) is 13.9. The van der Waals surface area contributed by atoms with Gasteiger partial charge in [0.15, 0.2) is 0 Å². The Morgan fingerprint density at radius 3 is 2.67 bits per heavy atom. The van der Waals surface area contributed by atoms with E-state index in [9.17, 15) is 24.1 Å². The molecule has 4 rings (SSSR count). The zero-order valence-electron chi connectivity index (χ0n) is 20.9. The molecule has 2 aromatic rings. The highest BCUT2D eigenvalue weighted by molar-refractivity contribution is 9.11. The summed E-state index contributed by atoms with van der Waals surface area (Å²) in [6.45, 7) is -0.404. The number of aromatic amines is 1. The number of aliphatic hydroxyl groups excluding tert-OH is 1. The van der Waals surface area contributed by atoms with Crippen LogP contribution in [0.5, 0.6) is 5.75 Å². The van der Waals surface area contributed by atoms with E-state index in [0.717, 1.165) is 4.57 Å². The third-order valence-electron chi connectivity index (χ3n) is 6.58. The molecule has 4 atom stereocenters. The van der Waals surface area contributed by atoms with Gasteiger partial charge < -0.3 is 19.1 Å². The molecule has 1 aliphatic carbocycles. The summed E-state index contributed by atoms with van der Waals surface area (Å²) in [5.41, 5.74) is -2.39. The van der Waals surface area contributed by atoms with Gasteiger partial charge in [-0.3, -0.25) is 23.7 Å². The second kappa shape index (κ2) is 12.5. The molecule has 2 heterocycles. The molecule has 2 unspecified atom stereocenters. The largest absolute Gasteiger partial charge is 0.468 e. The molecular weight excluding hydrogens is 621 g/mol. The predicted molar refractivity (Wildman–Crippen MR) is 146 cm³/mol. The van der Waals surface area contributed by atoms with Crippen molar-refractivity contribution in [1.29, 1.82) is 0 Å². The fourth-order valence-corrected chi connectivity index (χ4v) is 6.78. The van der Waals surface area contributed by atoms with E-state index in [1.54, 1.807) is 12.1 Å². The van der Waals surface area contributed by atoms with E-state index in [0.29, 0.717) is 30.7 Å². The van der Waals surface area contributed by atoms with Crippen molar-refractivity contribution >= 4 is 47.3 Å². The molecule has 3 N–H and O–H groups in total. The molecule has 2 aliphatic rings. The number of H-pyrrole nitrogens is 1. The van der Waals surface area contributed by atoms with Gasteiger partial charge in [0, 0.05) is 17.6 Å². The molecule has 212 valence electrons. The van der Waals surface area contributed by atoms with Gasteiger partial charge in [0.2, 0.25) is 0 Å². The van der Waals surface area contributed by atoms with Crippen LogP contribution in [-0.4, -0.2) is 52.1 Å². The minimum atomic E-state index is -4.26. The zero-order chi connectivity index (χ0) is 28.2. The lowest BCUT2D eigenvalue weighted by atomic mass is 10.00. The molecule has 12 nitrogen and oxygen atoms in total. The van der Waals surface area contributed by atoms with Crippen LogP contribution in [-0.2, 0) is 23.4 Å². The van der Waals surface area contributed by atoms with Crippen molar-refractivity contribution in [1.82, 2.24) is 14.6 Å². The Kier molecular flexibility index (Phi) is 9.53. The Hall–Kier alpha value is -2.25. The van der Waals surface area contributed by atoms with Crippen LogP contribution in [0.4, 0.5) is 0 Å². The monoisotopic (exact) mass is 647 g/mol. The van der Waals surface area contributed by atoms with Crippen LogP contribution in [0.2, 0.25) is 5.02 Å². The first-order valence-corrected chi connectivity index (χ1v) is 14.9. The number of methoxy groups -OCH3 is 1. The second-order valence-corrected chi connectivity index (χ2v) is 11.8. The smallest absolute Gasteiger partial charge is 0.459 e. The average Bonchev–Trinajstić information content (AvgIpc) is 3.52. The lowest BCUT2D eigenvalue weighted by Gasteiger charge is -2.31.